The van der Waals surface area contributed by atoms with E-state index in [4.69, 9.17) is 9.15 Å². The van der Waals surface area contributed by atoms with Gasteiger partial charge in [-0.3, -0.25) is 4.79 Å². The first kappa shape index (κ1) is 17.5. The van der Waals surface area contributed by atoms with E-state index in [1.54, 1.807) is 37.5 Å². The summed E-state index contributed by atoms with van der Waals surface area (Å²) >= 11 is 0. The number of benzene rings is 2. The predicted molar refractivity (Wildman–Crippen MR) is 100 cm³/mol. The van der Waals surface area contributed by atoms with Gasteiger partial charge in [0.2, 0.25) is 0 Å². The highest BCUT2D eigenvalue weighted by atomic mass is 16.5. The summed E-state index contributed by atoms with van der Waals surface area (Å²) in [6.45, 7) is 4.29. The van der Waals surface area contributed by atoms with Crippen molar-refractivity contribution in [2.24, 2.45) is 0 Å². The first-order chi connectivity index (χ1) is 12.6. The molecule has 0 unspecified atom stereocenters. The molecule has 26 heavy (non-hydrogen) atoms. The fourth-order valence-corrected chi connectivity index (χ4v) is 2.80. The van der Waals surface area contributed by atoms with E-state index in [0.717, 1.165) is 5.56 Å². The van der Waals surface area contributed by atoms with Gasteiger partial charge in [0.25, 0.3) is 5.91 Å². The van der Waals surface area contributed by atoms with Crippen molar-refractivity contribution in [2.45, 2.75) is 6.54 Å². The van der Waals surface area contributed by atoms with E-state index in [9.17, 15) is 9.59 Å². The van der Waals surface area contributed by atoms with Gasteiger partial charge in [0.15, 0.2) is 0 Å². The van der Waals surface area contributed by atoms with Crippen LogP contribution in [0.25, 0.3) is 11.0 Å². The van der Waals surface area contributed by atoms with Crippen LogP contribution in [0.15, 0.2) is 76.5 Å². The average Bonchev–Trinajstić information content (AvgIpc) is 2.67. The minimum absolute atomic E-state index is 0.000415. The summed E-state index contributed by atoms with van der Waals surface area (Å²) in [6.07, 6.45) is 1.62. The SMILES string of the molecule is C=CCN(Cc1ccccc1OC)C(=O)c1cc2ccccc2oc1=O. The molecule has 0 spiro atoms. The first-order valence-corrected chi connectivity index (χ1v) is 8.19. The van der Waals surface area contributed by atoms with E-state index >= 15 is 0 Å². The zero-order valence-corrected chi connectivity index (χ0v) is 14.5. The molecular weight excluding hydrogens is 330 g/mol. The van der Waals surface area contributed by atoms with Crippen LogP contribution in [0.3, 0.4) is 0 Å². The molecule has 0 aliphatic rings. The molecule has 0 saturated heterocycles. The van der Waals surface area contributed by atoms with Crippen LogP contribution in [0, 0.1) is 0 Å². The lowest BCUT2D eigenvalue weighted by atomic mass is 10.1. The zero-order chi connectivity index (χ0) is 18.5. The van der Waals surface area contributed by atoms with Crippen LogP contribution in [0.1, 0.15) is 15.9 Å². The summed E-state index contributed by atoms with van der Waals surface area (Å²) < 4.78 is 10.6. The third-order valence-corrected chi connectivity index (χ3v) is 4.06. The third-order valence-electron chi connectivity index (χ3n) is 4.06. The second-order valence-corrected chi connectivity index (χ2v) is 5.77. The zero-order valence-electron chi connectivity index (χ0n) is 14.5. The Labute approximate surface area is 151 Å². The van der Waals surface area contributed by atoms with Crippen molar-refractivity contribution >= 4 is 16.9 Å². The number of hydrogen-bond acceptors (Lipinski definition) is 4. The van der Waals surface area contributed by atoms with Gasteiger partial charge in [-0.05, 0) is 18.2 Å². The average molecular weight is 349 g/mol. The maximum Gasteiger partial charge on any atom is 0.349 e. The van der Waals surface area contributed by atoms with Crippen molar-refractivity contribution in [1.82, 2.24) is 4.90 Å². The highest BCUT2D eigenvalue weighted by molar-refractivity contribution is 5.96. The molecule has 3 rings (SSSR count). The molecule has 5 nitrogen and oxygen atoms in total. The number of nitrogens with zero attached hydrogens (tertiary/aromatic N) is 1. The van der Waals surface area contributed by atoms with Crippen LogP contribution >= 0.6 is 0 Å². The number of rotatable bonds is 6. The molecule has 3 aromatic rings. The van der Waals surface area contributed by atoms with Gasteiger partial charge in [-0.25, -0.2) is 4.79 Å². The molecule has 1 heterocycles. The third kappa shape index (κ3) is 3.52. The lowest BCUT2D eigenvalue weighted by Gasteiger charge is -2.22. The number of fused-ring (bicyclic) bond motifs is 1. The molecule has 0 radical (unpaired) electrons. The van der Waals surface area contributed by atoms with E-state index in [-0.39, 0.29) is 5.56 Å². The van der Waals surface area contributed by atoms with Gasteiger partial charge in [-0.2, -0.15) is 0 Å². The molecule has 0 saturated carbocycles. The summed E-state index contributed by atoms with van der Waals surface area (Å²) in [5, 5.41) is 0.700. The van der Waals surface area contributed by atoms with Crippen molar-refractivity contribution in [3.63, 3.8) is 0 Å². The van der Waals surface area contributed by atoms with Crippen LogP contribution in [0.4, 0.5) is 0 Å². The van der Waals surface area contributed by atoms with Crippen molar-refractivity contribution in [3.8, 4) is 5.75 Å². The molecule has 0 N–H and O–H groups in total. The molecule has 132 valence electrons. The monoisotopic (exact) mass is 349 g/mol. The second kappa shape index (κ2) is 7.70. The molecule has 0 aliphatic carbocycles. The Morgan fingerprint density at radius 3 is 2.69 bits per heavy atom. The molecule has 2 aromatic carbocycles. The Kier molecular flexibility index (Phi) is 5.17. The fraction of sp³-hybridized carbons (Fsp3) is 0.143. The predicted octanol–water partition coefficient (Wildman–Crippen LogP) is 3.63. The number of carbonyl (C=O) groups is 1. The van der Waals surface area contributed by atoms with Gasteiger partial charge in [0, 0.05) is 24.0 Å². The highest BCUT2D eigenvalue weighted by Crippen LogP contribution is 2.21. The molecule has 0 aliphatic heterocycles. The highest BCUT2D eigenvalue weighted by Gasteiger charge is 2.21. The van der Waals surface area contributed by atoms with E-state index in [1.807, 2.05) is 30.3 Å². The topological polar surface area (TPSA) is 59.8 Å². The number of methoxy groups -OCH3 is 1. The van der Waals surface area contributed by atoms with Crippen molar-refractivity contribution in [2.75, 3.05) is 13.7 Å². The van der Waals surface area contributed by atoms with Gasteiger partial charge in [-0.15, -0.1) is 6.58 Å². The van der Waals surface area contributed by atoms with E-state index in [2.05, 4.69) is 6.58 Å². The lowest BCUT2D eigenvalue weighted by molar-refractivity contribution is 0.0757. The van der Waals surface area contributed by atoms with Crippen molar-refractivity contribution in [1.29, 1.82) is 0 Å². The standard InChI is InChI=1S/C21H19NO4/c1-3-12-22(14-16-9-5-6-10-18(16)25-2)20(23)17-13-15-8-4-7-11-19(15)26-21(17)24/h3-11,13H,1,12,14H2,2H3. The fourth-order valence-electron chi connectivity index (χ4n) is 2.80. The number of para-hydroxylation sites is 2. The lowest BCUT2D eigenvalue weighted by Crippen LogP contribution is -2.34. The summed E-state index contributed by atoms with van der Waals surface area (Å²) in [5.41, 5.74) is 0.646. The molecule has 0 fully saturated rings. The number of carbonyl (C=O) groups excluding carboxylic acids is 1. The number of amides is 1. The van der Waals surface area contributed by atoms with E-state index in [1.165, 1.54) is 4.90 Å². The van der Waals surface area contributed by atoms with Crippen molar-refractivity contribution < 1.29 is 13.9 Å². The van der Waals surface area contributed by atoms with Crippen LogP contribution in [-0.4, -0.2) is 24.5 Å². The van der Waals surface area contributed by atoms with Crippen LogP contribution in [0.5, 0.6) is 5.75 Å². The minimum Gasteiger partial charge on any atom is -0.496 e. The Bertz CT molecular complexity index is 1010. The van der Waals surface area contributed by atoms with Gasteiger partial charge in [0.05, 0.1) is 7.11 Å². The minimum atomic E-state index is -0.650. The molecule has 5 heteroatoms. The molecule has 1 amide bonds. The maximum atomic E-state index is 13.0. The van der Waals surface area contributed by atoms with E-state index < -0.39 is 11.5 Å². The Balaban J connectivity index is 1.98. The van der Waals surface area contributed by atoms with Gasteiger partial charge < -0.3 is 14.1 Å². The molecule has 1 aromatic heterocycles. The molecule has 0 bridgehead atoms. The summed E-state index contributed by atoms with van der Waals surface area (Å²) in [5.74, 6) is 0.273. The Morgan fingerprint density at radius 2 is 1.92 bits per heavy atom. The van der Waals surface area contributed by atoms with Crippen LogP contribution in [0.2, 0.25) is 0 Å². The van der Waals surface area contributed by atoms with Gasteiger partial charge in [0.1, 0.15) is 16.9 Å². The number of ether oxygens (including phenoxy) is 1. The van der Waals surface area contributed by atoms with E-state index in [0.29, 0.717) is 29.8 Å². The Morgan fingerprint density at radius 1 is 1.19 bits per heavy atom. The van der Waals surface area contributed by atoms with Crippen LogP contribution < -0.4 is 10.4 Å². The van der Waals surface area contributed by atoms with Gasteiger partial charge >= 0.3 is 5.63 Å². The quantitative estimate of drug-likeness (QED) is 0.504. The smallest absolute Gasteiger partial charge is 0.349 e. The molecule has 0 atom stereocenters. The first-order valence-electron chi connectivity index (χ1n) is 8.19. The van der Waals surface area contributed by atoms with Crippen molar-refractivity contribution in [3.05, 3.63) is 88.8 Å². The molecular formula is C21H19NO4. The second-order valence-electron chi connectivity index (χ2n) is 5.77. The number of hydrogen-bond donors (Lipinski definition) is 0. The largest absolute Gasteiger partial charge is 0.496 e. The summed E-state index contributed by atoms with van der Waals surface area (Å²) in [6, 6.07) is 16.1. The van der Waals surface area contributed by atoms with Crippen LogP contribution in [-0.2, 0) is 6.54 Å². The normalized spacial score (nSPS) is 10.5. The van der Waals surface area contributed by atoms with Gasteiger partial charge in [-0.1, -0.05) is 42.5 Å². The summed E-state index contributed by atoms with van der Waals surface area (Å²) in [7, 11) is 1.58. The Hall–Kier alpha value is -3.34. The maximum absolute atomic E-state index is 13.0. The summed E-state index contributed by atoms with van der Waals surface area (Å²) in [4.78, 5) is 26.8.